The summed E-state index contributed by atoms with van der Waals surface area (Å²) >= 11 is 0. The van der Waals surface area contributed by atoms with Gasteiger partial charge in [-0.25, -0.2) is 0 Å². The Morgan fingerprint density at radius 1 is 1.21 bits per heavy atom. The molecule has 0 saturated heterocycles. The Morgan fingerprint density at radius 2 is 1.71 bits per heavy atom. The van der Waals surface area contributed by atoms with Gasteiger partial charge in [0.2, 0.25) is 5.91 Å². The maximum absolute atomic E-state index is 11.8. The summed E-state index contributed by atoms with van der Waals surface area (Å²) in [6.07, 6.45) is 3.90. The van der Waals surface area contributed by atoms with Crippen LogP contribution in [-0.2, 0) is 4.79 Å². The van der Waals surface area contributed by atoms with Crippen molar-refractivity contribution in [2.75, 3.05) is 14.1 Å². The summed E-state index contributed by atoms with van der Waals surface area (Å²) < 4.78 is 0. The SMILES string of the molecule is CN(C)C(=O)C1C[C@H]2CC[C@@H](C1)C2O. The van der Waals surface area contributed by atoms with E-state index in [1.54, 1.807) is 4.90 Å². The number of hydrogen-bond acceptors (Lipinski definition) is 2. The van der Waals surface area contributed by atoms with Gasteiger partial charge < -0.3 is 10.0 Å². The highest BCUT2D eigenvalue weighted by atomic mass is 16.3. The molecule has 2 aliphatic carbocycles. The first-order valence-electron chi connectivity index (χ1n) is 5.49. The minimum atomic E-state index is -0.124. The Kier molecular flexibility index (Phi) is 2.52. The van der Waals surface area contributed by atoms with Gasteiger partial charge in [0.1, 0.15) is 0 Å². The normalized spacial score (nSPS) is 41.1. The van der Waals surface area contributed by atoms with Crippen LogP contribution in [0.1, 0.15) is 25.7 Å². The first-order chi connectivity index (χ1) is 6.59. The highest BCUT2D eigenvalue weighted by Crippen LogP contribution is 2.45. The second-order valence-electron chi connectivity index (χ2n) is 4.99. The van der Waals surface area contributed by atoms with E-state index >= 15 is 0 Å². The number of nitrogens with zero attached hydrogens (tertiary/aromatic N) is 1. The van der Waals surface area contributed by atoms with Crippen molar-refractivity contribution in [3.63, 3.8) is 0 Å². The van der Waals surface area contributed by atoms with Gasteiger partial charge in [-0.05, 0) is 37.5 Å². The minimum absolute atomic E-state index is 0.124. The van der Waals surface area contributed by atoms with Gasteiger partial charge in [-0.2, -0.15) is 0 Å². The number of aliphatic hydroxyl groups excluding tert-OH is 1. The fourth-order valence-corrected chi connectivity index (χ4v) is 3.06. The third-order valence-corrected chi connectivity index (χ3v) is 3.84. The third-order valence-electron chi connectivity index (χ3n) is 3.84. The Morgan fingerprint density at radius 3 is 2.14 bits per heavy atom. The zero-order valence-electron chi connectivity index (χ0n) is 8.94. The van der Waals surface area contributed by atoms with Gasteiger partial charge in [0.05, 0.1) is 6.10 Å². The van der Waals surface area contributed by atoms with Crippen LogP contribution in [0.2, 0.25) is 0 Å². The smallest absolute Gasteiger partial charge is 0.225 e. The van der Waals surface area contributed by atoms with Crippen molar-refractivity contribution in [3.05, 3.63) is 0 Å². The summed E-state index contributed by atoms with van der Waals surface area (Å²) in [6.45, 7) is 0. The monoisotopic (exact) mass is 197 g/mol. The summed E-state index contributed by atoms with van der Waals surface area (Å²) in [6, 6.07) is 0. The molecule has 0 aromatic rings. The first kappa shape index (κ1) is 9.97. The fraction of sp³-hybridized carbons (Fsp3) is 0.909. The molecule has 0 radical (unpaired) electrons. The molecule has 0 aromatic carbocycles. The van der Waals surface area contributed by atoms with Crippen LogP contribution in [0.15, 0.2) is 0 Å². The van der Waals surface area contributed by atoms with Gasteiger partial charge in [-0.3, -0.25) is 4.79 Å². The number of rotatable bonds is 1. The molecule has 80 valence electrons. The highest BCUT2D eigenvalue weighted by Gasteiger charge is 2.43. The van der Waals surface area contributed by atoms with Crippen molar-refractivity contribution >= 4 is 5.91 Å². The topological polar surface area (TPSA) is 40.5 Å². The van der Waals surface area contributed by atoms with E-state index in [9.17, 15) is 9.90 Å². The molecular formula is C11H19NO2. The second-order valence-corrected chi connectivity index (χ2v) is 4.99. The predicted octanol–water partition coefficient (Wildman–Crippen LogP) is 0.872. The molecule has 0 heterocycles. The fourth-order valence-electron chi connectivity index (χ4n) is 3.06. The maximum atomic E-state index is 11.8. The molecule has 1 amide bonds. The molecule has 2 bridgehead atoms. The number of amides is 1. The number of aliphatic hydroxyl groups is 1. The molecule has 3 nitrogen and oxygen atoms in total. The second kappa shape index (κ2) is 3.54. The lowest BCUT2D eigenvalue weighted by Crippen LogP contribution is -2.38. The van der Waals surface area contributed by atoms with Crippen molar-refractivity contribution in [1.29, 1.82) is 0 Å². The number of carbonyl (C=O) groups is 1. The summed E-state index contributed by atoms with van der Waals surface area (Å²) in [5.41, 5.74) is 0. The van der Waals surface area contributed by atoms with Crippen molar-refractivity contribution < 1.29 is 9.90 Å². The summed E-state index contributed by atoms with van der Waals surface area (Å²) in [7, 11) is 3.63. The quantitative estimate of drug-likeness (QED) is 0.677. The summed E-state index contributed by atoms with van der Waals surface area (Å²) in [4.78, 5) is 13.5. The van der Waals surface area contributed by atoms with Crippen LogP contribution < -0.4 is 0 Å². The Balaban J connectivity index is 2.02. The zero-order chi connectivity index (χ0) is 10.3. The van der Waals surface area contributed by atoms with E-state index in [0.29, 0.717) is 11.8 Å². The molecule has 2 fully saturated rings. The van der Waals surface area contributed by atoms with Gasteiger partial charge in [0.25, 0.3) is 0 Å². The predicted molar refractivity (Wildman–Crippen MR) is 53.6 cm³/mol. The third kappa shape index (κ3) is 1.54. The molecule has 14 heavy (non-hydrogen) atoms. The number of hydrogen-bond donors (Lipinski definition) is 1. The van der Waals surface area contributed by atoms with E-state index in [4.69, 9.17) is 0 Å². The average molecular weight is 197 g/mol. The van der Waals surface area contributed by atoms with Crippen LogP contribution in [0.5, 0.6) is 0 Å². The van der Waals surface area contributed by atoms with Gasteiger partial charge in [-0.1, -0.05) is 0 Å². The van der Waals surface area contributed by atoms with Crippen LogP contribution >= 0.6 is 0 Å². The van der Waals surface area contributed by atoms with E-state index in [-0.39, 0.29) is 17.9 Å². The molecule has 2 rings (SSSR count). The molecule has 0 aromatic heterocycles. The minimum Gasteiger partial charge on any atom is -0.393 e. The van der Waals surface area contributed by atoms with Crippen LogP contribution in [-0.4, -0.2) is 36.1 Å². The van der Waals surface area contributed by atoms with E-state index in [1.165, 1.54) is 0 Å². The summed E-state index contributed by atoms with van der Waals surface area (Å²) in [5, 5.41) is 9.82. The number of carbonyl (C=O) groups excluding carboxylic acids is 1. The largest absolute Gasteiger partial charge is 0.393 e. The molecule has 2 unspecified atom stereocenters. The van der Waals surface area contributed by atoms with E-state index in [0.717, 1.165) is 25.7 Å². The van der Waals surface area contributed by atoms with Gasteiger partial charge in [-0.15, -0.1) is 0 Å². The lowest BCUT2D eigenvalue weighted by molar-refractivity contribution is -0.136. The molecule has 2 aliphatic rings. The van der Waals surface area contributed by atoms with Crippen molar-refractivity contribution in [3.8, 4) is 0 Å². The molecular weight excluding hydrogens is 178 g/mol. The lowest BCUT2D eigenvalue weighted by Gasteiger charge is -2.32. The standard InChI is InChI=1S/C11H19NO2/c1-12(2)11(14)9-5-7-3-4-8(6-9)10(7)13/h7-10,13H,3-6H2,1-2H3/t7-,8+,9?,10?. The zero-order valence-corrected chi connectivity index (χ0v) is 8.94. The van der Waals surface area contributed by atoms with Crippen molar-refractivity contribution in [2.24, 2.45) is 17.8 Å². The van der Waals surface area contributed by atoms with Crippen LogP contribution in [0.3, 0.4) is 0 Å². The van der Waals surface area contributed by atoms with Crippen LogP contribution in [0.25, 0.3) is 0 Å². The van der Waals surface area contributed by atoms with Gasteiger partial charge >= 0.3 is 0 Å². The van der Waals surface area contributed by atoms with Crippen molar-refractivity contribution in [1.82, 2.24) is 4.90 Å². The lowest BCUT2D eigenvalue weighted by atomic mass is 9.78. The Labute approximate surface area is 85.1 Å². The van der Waals surface area contributed by atoms with Crippen LogP contribution in [0.4, 0.5) is 0 Å². The van der Waals surface area contributed by atoms with Crippen molar-refractivity contribution in [2.45, 2.75) is 31.8 Å². The molecule has 0 aliphatic heterocycles. The van der Waals surface area contributed by atoms with E-state index < -0.39 is 0 Å². The molecule has 4 atom stereocenters. The number of fused-ring (bicyclic) bond motifs is 2. The Hall–Kier alpha value is -0.570. The first-order valence-corrected chi connectivity index (χ1v) is 5.49. The molecule has 2 saturated carbocycles. The molecule has 1 N–H and O–H groups in total. The summed E-state index contributed by atoms with van der Waals surface area (Å²) in [5.74, 6) is 1.20. The highest BCUT2D eigenvalue weighted by molar-refractivity contribution is 5.78. The van der Waals surface area contributed by atoms with E-state index in [2.05, 4.69) is 0 Å². The van der Waals surface area contributed by atoms with Gasteiger partial charge in [0, 0.05) is 20.0 Å². The van der Waals surface area contributed by atoms with E-state index in [1.807, 2.05) is 14.1 Å². The Bertz CT molecular complexity index is 225. The molecule has 3 heteroatoms. The van der Waals surface area contributed by atoms with Gasteiger partial charge in [0.15, 0.2) is 0 Å². The molecule has 0 spiro atoms. The average Bonchev–Trinajstić information content (AvgIpc) is 2.42. The van der Waals surface area contributed by atoms with Crippen LogP contribution in [0, 0.1) is 17.8 Å². The maximum Gasteiger partial charge on any atom is 0.225 e.